The molecule has 13 heteroatoms. The molecule has 2 aliphatic rings. The van der Waals surface area contributed by atoms with Crippen LogP contribution in [0.3, 0.4) is 0 Å². The van der Waals surface area contributed by atoms with E-state index in [-0.39, 0.29) is 29.5 Å². The number of pyridine rings is 1. The molecular formula is C22H24F5N5O2S. The van der Waals surface area contributed by atoms with Crippen molar-refractivity contribution >= 4 is 33.0 Å². The van der Waals surface area contributed by atoms with E-state index in [0.717, 1.165) is 29.4 Å². The van der Waals surface area contributed by atoms with Crippen LogP contribution in [0.25, 0.3) is 11.2 Å². The molecule has 0 bridgehead atoms. The molecule has 1 atom stereocenters. The van der Waals surface area contributed by atoms with E-state index in [2.05, 4.69) is 15.0 Å². The van der Waals surface area contributed by atoms with Crippen LogP contribution in [0, 0.1) is 0 Å². The third-order valence-corrected chi connectivity index (χ3v) is 7.82. The Morgan fingerprint density at radius 1 is 1.09 bits per heavy atom. The van der Waals surface area contributed by atoms with E-state index in [1.54, 1.807) is 6.20 Å². The number of likely N-dealkylation sites (tertiary alicyclic amines) is 1. The third kappa shape index (κ3) is 4.66. The lowest BCUT2D eigenvalue weighted by Crippen LogP contribution is -2.38. The first kappa shape index (κ1) is 23.8. The van der Waals surface area contributed by atoms with Gasteiger partial charge in [0, 0.05) is 37.5 Å². The number of halogens is 5. The van der Waals surface area contributed by atoms with Crippen molar-refractivity contribution < 1.29 is 29.0 Å². The van der Waals surface area contributed by atoms with Gasteiger partial charge in [0.25, 0.3) is 5.91 Å². The van der Waals surface area contributed by atoms with Gasteiger partial charge in [-0.3, -0.25) is 4.79 Å². The van der Waals surface area contributed by atoms with E-state index < -0.39 is 26.7 Å². The average molecular weight is 518 g/mol. The van der Waals surface area contributed by atoms with E-state index in [1.807, 2.05) is 6.07 Å². The monoisotopic (exact) mass is 517 g/mol. The summed E-state index contributed by atoms with van der Waals surface area (Å²) in [4.78, 5) is 24.6. The highest BCUT2D eigenvalue weighted by Crippen LogP contribution is 3.02. The SMILES string of the molecule is Nc1cc(S(F)(F)(F)(F)F)ccc1C(=O)N1CCC(c2ccnc3nc([C@@H]4CCOC4)[nH]c23)CC1. The molecule has 4 heterocycles. The molecular weight excluding hydrogens is 493 g/mol. The highest BCUT2D eigenvalue weighted by atomic mass is 32.5. The lowest BCUT2D eigenvalue weighted by Gasteiger charge is -2.40. The van der Waals surface area contributed by atoms with Gasteiger partial charge in [0.2, 0.25) is 0 Å². The van der Waals surface area contributed by atoms with Crippen molar-refractivity contribution in [3.05, 3.63) is 47.4 Å². The first-order valence-corrected chi connectivity index (χ1v) is 13.1. The van der Waals surface area contributed by atoms with Crippen LogP contribution < -0.4 is 5.73 Å². The molecule has 1 aromatic carbocycles. The number of nitrogens with two attached hydrogens (primary N) is 1. The Bertz CT molecular complexity index is 1300. The van der Waals surface area contributed by atoms with Gasteiger partial charge in [-0.25, -0.2) is 9.97 Å². The predicted molar refractivity (Wildman–Crippen MR) is 122 cm³/mol. The fourth-order valence-corrected chi connectivity index (χ4v) is 5.45. The van der Waals surface area contributed by atoms with Gasteiger partial charge in [-0.2, -0.15) is 0 Å². The molecule has 2 saturated heterocycles. The third-order valence-electron chi connectivity index (χ3n) is 6.68. The van der Waals surface area contributed by atoms with Gasteiger partial charge in [0.1, 0.15) is 10.7 Å². The number of nitrogens with one attached hydrogen (secondary N) is 1. The number of H-pyrrole nitrogens is 1. The lowest BCUT2D eigenvalue weighted by molar-refractivity contribution is 0.0714. The molecule has 0 saturated carbocycles. The molecule has 35 heavy (non-hydrogen) atoms. The van der Waals surface area contributed by atoms with Gasteiger partial charge < -0.3 is 20.4 Å². The number of carbonyl (C=O) groups is 1. The molecule has 2 aromatic heterocycles. The standard InChI is InChI=1S/C22H24F5N5O2S/c23-35(24,25,26,27)15-1-2-17(18(28)11-15)22(33)32-8-4-13(5-9-32)16-3-7-29-21-19(16)30-20(31-21)14-6-10-34-12-14/h1-3,7,11,13-14H,4-6,8-10,12,28H2,(H,29,30,31)/t14-/m1/s1. The number of rotatable bonds is 4. The molecule has 3 N–H and O–H groups in total. The minimum absolute atomic E-state index is 0.116. The van der Waals surface area contributed by atoms with Crippen LogP contribution in [0.15, 0.2) is 35.4 Å². The van der Waals surface area contributed by atoms with E-state index >= 15 is 0 Å². The molecule has 2 fully saturated rings. The number of fused-ring (bicyclic) bond motifs is 1. The number of hydrogen-bond acceptors (Lipinski definition) is 5. The second-order valence-corrected chi connectivity index (χ2v) is 11.5. The van der Waals surface area contributed by atoms with Crippen molar-refractivity contribution in [1.29, 1.82) is 0 Å². The number of aromatic nitrogens is 3. The lowest BCUT2D eigenvalue weighted by atomic mass is 9.89. The zero-order chi connectivity index (χ0) is 25.1. The van der Waals surface area contributed by atoms with Crippen LogP contribution in [-0.2, 0) is 4.74 Å². The summed E-state index contributed by atoms with van der Waals surface area (Å²) in [5, 5.41) is 0. The quantitative estimate of drug-likeness (QED) is 0.341. The molecule has 5 rings (SSSR count). The summed E-state index contributed by atoms with van der Waals surface area (Å²) >= 11 is 0. The predicted octanol–water partition coefficient (Wildman–Crippen LogP) is 5.72. The van der Waals surface area contributed by atoms with Crippen LogP contribution in [-0.4, -0.2) is 52.1 Å². The summed E-state index contributed by atoms with van der Waals surface area (Å²) in [6.07, 6.45) is 3.80. The highest BCUT2D eigenvalue weighted by Gasteiger charge is 2.65. The first-order valence-electron chi connectivity index (χ1n) is 11.2. The fraction of sp³-hybridized carbons (Fsp3) is 0.409. The smallest absolute Gasteiger partial charge is 0.310 e. The van der Waals surface area contributed by atoms with Gasteiger partial charge in [0.05, 0.1) is 17.7 Å². The molecule has 190 valence electrons. The molecule has 0 radical (unpaired) electrons. The molecule has 0 unspecified atom stereocenters. The van der Waals surface area contributed by atoms with Crippen LogP contribution in [0.5, 0.6) is 0 Å². The number of benzene rings is 1. The zero-order valence-electron chi connectivity index (χ0n) is 18.5. The van der Waals surface area contributed by atoms with Crippen molar-refractivity contribution in [2.24, 2.45) is 0 Å². The topological polar surface area (TPSA) is 97.1 Å². The van der Waals surface area contributed by atoms with Crippen molar-refractivity contribution in [1.82, 2.24) is 19.9 Å². The Balaban J connectivity index is 1.31. The van der Waals surface area contributed by atoms with Crippen LogP contribution >= 0.6 is 10.2 Å². The Hall–Kier alpha value is -2.93. The maximum Gasteiger partial charge on any atom is 0.310 e. The van der Waals surface area contributed by atoms with Gasteiger partial charge >= 0.3 is 10.2 Å². The number of hydrogen-bond donors (Lipinski definition) is 2. The van der Waals surface area contributed by atoms with Crippen molar-refractivity contribution in [2.75, 3.05) is 32.0 Å². The number of piperidine rings is 1. The van der Waals surface area contributed by atoms with Crippen LogP contribution in [0.4, 0.5) is 25.1 Å². The van der Waals surface area contributed by atoms with Crippen molar-refractivity contribution in [2.45, 2.75) is 36.0 Å². The van der Waals surface area contributed by atoms with Crippen molar-refractivity contribution in [3.63, 3.8) is 0 Å². The highest BCUT2D eigenvalue weighted by molar-refractivity contribution is 8.45. The van der Waals surface area contributed by atoms with E-state index in [1.165, 1.54) is 4.90 Å². The van der Waals surface area contributed by atoms with Gasteiger partial charge in [0.15, 0.2) is 5.65 Å². The number of imidazole rings is 1. The number of nitrogen functional groups attached to an aromatic ring is 1. The number of aromatic amines is 1. The van der Waals surface area contributed by atoms with Gasteiger partial charge in [-0.1, -0.05) is 19.4 Å². The number of ether oxygens (including phenoxy) is 1. The fourth-order valence-electron chi connectivity index (χ4n) is 4.77. The molecule has 2 aliphatic heterocycles. The minimum atomic E-state index is -9.88. The summed E-state index contributed by atoms with van der Waals surface area (Å²) < 4.78 is 70.7. The second-order valence-electron chi connectivity index (χ2n) is 9.07. The normalized spacial score (nSPS) is 21.7. The molecule has 0 spiro atoms. The van der Waals surface area contributed by atoms with E-state index in [9.17, 15) is 24.2 Å². The summed E-state index contributed by atoms with van der Waals surface area (Å²) in [6, 6.07) is 3.01. The number of amides is 1. The first-order chi connectivity index (χ1) is 16.3. The van der Waals surface area contributed by atoms with Gasteiger partial charge in [-0.15, -0.1) is 0 Å². The molecule has 1 amide bonds. The Morgan fingerprint density at radius 3 is 2.46 bits per heavy atom. The maximum absolute atomic E-state index is 13.1. The average Bonchev–Trinajstić information content (AvgIpc) is 3.47. The molecule has 7 nitrogen and oxygen atoms in total. The minimum Gasteiger partial charge on any atom is -0.398 e. The largest absolute Gasteiger partial charge is 0.398 e. The number of nitrogens with zero attached hydrogens (tertiary/aromatic N) is 3. The van der Waals surface area contributed by atoms with Crippen molar-refractivity contribution in [3.8, 4) is 0 Å². The Morgan fingerprint density at radius 2 is 1.83 bits per heavy atom. The van der Waals surface area contributed by atoms with E-state index in [4.69, 9.17) is 10.5 Å². The van der Waals surface area contributed by atoms with Gasteiger partial charge in [-0.05, 0) is 55.0 Å². The van der Waals surface area contributed by atoms with Crippen LogP contribution in [0.1, 0.15) is 52.8 Å². The Kier molecular flexibility index (Phi) is 5.12. The maximum atomic E-state index is 13.1. The number of carbonyl (C=O) groups excluding carboxylic acids is 1. The summed E-state index contributed by atoms with van der Waals surface area (Å²) in [5.74, 6) is 0.577. The Labute approximate surface area is 197 Å². The van der Waals surface area contributed by atoms with E-state index in [0.29, 0.717) is 44.8 Å². The summed E-state index contributed by atoms with van der Waals surface area (Å²) in [5.41, 5.74) is 7.26. The zero-order valence-corrected chi connectivity index (χ0v) is 19.3. The summed E-state index contributed by atoms with van der Waals surface area (Å²) in [6.45, 7) is 1.99. The molecule has 0 aliphatic carbocycles. The van der Waals surface area contributed by atoms with Crippen LogP contribution in [0.2, 0.25) is 0 Å². The summed E-state index contributed by atoms with van der Waals surface area (Å²) in [7, 11) is -9.88. The number of anilines is 1. The molecule has 3 aromatic rings. The second kappa shape index (κ2) is 7.53.